The highest BCUT2D eigenvalue weighted by Gasteiger charge is 2.65. The maximum Gasteiger partial charge on any atom is 0.219 e. The number of phenolic OH excluding ortho intramolecular Hbond substituents is 1. The van der Waals surface area contributed by atoms with E-state index in [2.05, 4.69) is 0 Å². The first-order chi connectivity index (χ1) is 20.2. The standard InChI is InChI=1S/C27H32O16/c28-7-12-16(32)19(35)21(37)23(42-12)15-18(34)14(11(31)6-3-9-1-4-10(30)5-2-9)24(39)27(41,25(15)40)26-22(38)20(36)17(33)13(8-29)43-26/h1-6,12-13,16-17,19-23,26,28-38,41H,7-8H2/b6-3-,14-11-. The van der Waals surface area contributed by atoms with Gasteiger partial charge >= 0.3 is 0 Å². The van der Waals surface area contributed by atoms with Crippen molar-refractivity contribution in [1.82, 2.24) is 0 Å². The zero-order valence-electron chi connectivity index (χ0n) is 22.2. The quantitative estimate of drug-likeness (QED) is 0.0820. The fourth-order valence-corrected chi connectivity index (χ4v) is 5.24. The minimum Gasteiger partial charge on any atom is -0.508 e. The van der Waals surface area contributed by atoms with E-state index in [1.54, 1.807) is 0 Å². The molecule has 2 heterocycles. The minimum atomic E-state index is -3.63. The van der Waals surface area contributed by atoms with Crippen molar-refractivity contribution in [3.8, 4) is 5.75 Å². The molecule has 11 atom stereocenters. The van der Waals surface area contributed by atoms with Crippen LogP contribution in [0, 0.1) is 0 Å². The van der Waals surface area contributed by atoms with E-state index in [0.29, 0.717) is 5.56 Å². The Morgan fingerprint density at radius 2 is 1.30 bits per heavy atom. The summed E-state index contributed by atoms with van der Waals surface area (Å²) in [6.07, 6.45) is -18.7. The van der Waals surface area contributed by atoms with Crippen molar-refractivity contribution in [2.75, 3.05) is 13.2 Å². The number of ketones is 2. The molecule has 0 saturated carbocycles. The van der Waals surface area contributed by atoms with Crippen LogP contribution in [0.5, 0.6) is 5.75 Å². The van der Waals surface area contributed by atoms with Crippen molar-refractivity contribution in [3.05, 3.63) is 58.6 Å². The molecule has 16 heteroatoms. The van der Waals surface area contributed by atoms with Crippen LogP contribution < -0.4 is 0 Å². The van der Waals surface area contributed by atoms with Crippen LogP contribution in [0.15, 0.2) is 53.0 Å². The highest BCUT2D eigenvalue weighted by atomic mass is 16.6. The van der Waals surface area contributed by atoms with E-state index in [-0.39, 0.29) is 5.75 Å². The molecule has 0 radical (unpaired) electrons. The minimum absolute atomic E-state index is 0.0879. The third kappa shape index (κ3) is 5.47. The van der Waals surface area contributed by atoms with Gasteiger partial charge in [0.1, 0.15) is 83.9 Å². The van der Waals surface area contributed by atoms with Gasteiger partial charge in [0.15, 0.2) is 0 Å². The lowest BCUT2D eigenvalue weighted by Crippen LogP contribution is -2.72. The summed E-state index contributed by atoms with van der Waals surface area (Å²) in [5.74, 6) is -6.12. The van der Waals surface area contributed by atoms with Crippen molar-refractivity contribution < 1.29 is 80.3 Å². The molecule has 12 N–H and O–H groups in total. The molecule has 43 heavy (non-hydrogen) atoms. The number of hydrogen-bond acceptors (Lipinski definition) is 16. The predicted octanol–water partition coefficient (Wildman–Crippen LogP) is -4.40. The second-order valence-corrected chi connectivity index (χ2v) is 10.4. The molecule has 2 aliphatic heterocycles. The molecular formula is C27H32O16. The van der Waals surface area contributed by atoms with Gasteiger partial charge in [0.2, 0.25) is 17.2 Å². The molecule has 236 valence electrons. The van der Waals surface area contributed by atoms with E-state index in [1.807, 2.05) is 0 Å². The molecule has 2 saturated heterocycles. The molecule has 2 fully saturated rings. The van der Waals surface area contributed by atoms with E-state index in [9.17, 15) is 70.9 Å². The van der Waals surface area contributed by atoms with Crippen molar-refractivity contribution >= 4 is 17.6 Å². The van der Waals surface area contributed by atoms with Crippen molar-refractivity contribution in [2.45, 2.75) is 66.6 Å². The van der Waals surface area contributed by atoms with Gasteiger partial charge < -0.3 is 70.8 Å². The summed E-state index contributed by atoms with van der Waals surface area (Å²) < 4.78 is 10.6. The number of aromatic hydroxyl groups is 1. The molecule has 4 rings (SSSR count). The molecule has 1 aliphatic carbocycles. The van der Waals surface area contributed by atoms with Crippen molar-refractivity contribution in [3.63, 3.8) is 0 Å². The number of rotatable bonds is 6. The number of ether oxygens (including phenoxy) is 2. The van der Waals surface area contributed by atoms with Crippen LogP contribution in [0.25, 0.3) is 6.08 Å². The molecule has 3 aliphatic rings. The monoisotopic (exact) mass is 612 g/mol. The molecule has 1 aromatic rings. The van der Waals surface area contributed by atoms with Crippen LogP contribution in [0.3, 0.4) is 0 Å². The third-order valence-electron chi connectivity index (χ3n) is 7.72. The Bertz CT molecular complexity index is 1320. The van der Waals surface area contributed by atoms with Crippen LogP contribution in [0.2, 0.25) is 0 Å². The van der Waals surface area contributed by atoms with E-state index < -0.39 is 114 Å². The first-order valence-corrected chi connectivity index (χ1v) is 13.0. The fraction of sp³-hybridized carbons (Fsp3) is 0.481. The predicted molar refractivity (Wildman–Crippen MR) is 139 cm³/mol. The third-order valence-corrected chi connectivity index (χ3v) is 7.72. The number of Topliss-reactive ketones (excluding diaryl/α,β-unsaturated/α-hetero) is 2. The highest BCUT2D eigenvalue weighted by Crippen LogP contribution is 2.42. The van der Waals surface area contributed by atoms with Gasteiger partial charge in [-0.25, -0.2) is 0 Å². The van der Waals surface area contributed by atoms with Crippen LogP contribution >= 0.6 is 0 Å². The number of carbonyl (C=O) groups is 2. The van der Waals surface area contributed by atoms with Crippen LogP contribution in [-0.4, -0.2) is 153 Å². The summed E-state index contributed by atoms with van der Waals surface area (Å²) in [7, 11) is 0. The van der Waals surface area contributed by atoms with E-state index in [0.717, 1.165) is 6.08 Å². The molecular weight excluding hydrogens is 580 g/mol. The Morgan fingerprint density at radius 3 is 1.86 bits per heavy atom. The molecule has 0 amide bonds. The second-order valence-electron chi connectivity index (χ2n) is 10.4. The Kier molecular flexibility index (Phi) is 9.41. The van der Waals surface area contributed by atoms with Crippen molar-refractivity contribution in [2.24, 2.45) is 0 Å². The van der Waals surface area contributed by atoms with Crippen molar-refractivity contribution in [1.29, 1.82) is 0 Å². The zero-order valence-corrected chi connectivity index (χ0v) is 22.2. The summed E-state index contributed by atoms with van der Waals surface area (Å²) >= 11 is 0. The summed E-state index contributed by atoms with van der Waals surface area (Å²) in [5, 5.41) is 125. The van der Waals surface area contributed by atoms with Gasteiger partial charge in [0.25, 0.3) is 0 Å². The Balaban J connectivity index is 1.92. The van der Waals surface area contributed by atoms with Crippen LogP contribution in [-0.2, 0) is 19.1 Å². The number of aliphatic hydroxyl groups is 11. The Morgan fingerprint density at radius 1 is 0.767 bits per heavy atom. The number of phenols is 1. The summed E-state index contributed by atoms with van der Waals surface area (Å²) in [6.45, 7) is -1.99. The van der Waals surface area contributed by atoms with Gasteiger partial charge in [-0.1, -0.05) is 18.2 Å². The molecule has 0 bridgehead atoms. The van der Waals surface area contributed by atoms with Gasteiger partial charge in [-0.15, -0.1) is 0 Å². The second kappa shape index (κ2) is 12.4. The summed E-state index contributed by atoms with van der Waals surface area (Å²) in [6, 6.07) is 5.38. The summed E-state index contributed by atoms with van der Waals surface area (Å²) in [4.78, 5) is 27.6. The molecule has 1 aromatic carbocycles. The number of carbonyl (C=O) groups excluding carboxylic acids is 2. The summed E-state index contributed by atoms with van der Waals surface area (Å²) in [5.41, 5.74) is -5.62. The number of hydrogen-bond donors (Lipinski definition) is 12. The normalized spacial score (nSPS) is 40.3. The van der Waals surface area contributed by atoms with Gasteiger partial charge in [-0.3, -0.25) is 9.59 Å². The molecule has 0 aromatic heterocycles. The highest BCUT2D eigenvalue weighted by molar-refractivity contribution is 6.28. The smallest absolute Gasteiger partial charge is 0.219 e. The largest absolute Gasteiger partial charge is 0.508 e. The fourth-order valence-electron chi connectivity index (χ4n) is 5.24. The first kappa shape index (κ1) is 32.6. The SMILES string of the molecule is O=C1C(C2OC(CO)C(O)C(O)C2O)=C(O)/C(=C(O)\C=C/c2ccc(O)cc2)C(=O)C1(O)C1OC(CO)C(O)C(O)C1O. The van der Waals surface area contributed by atoms with E-state index >= 15 is 0 Å². The van der Waals surface area contributed by atoms with Gasteiger partial charge in [0.05, 0.1) is 18.8 Å². The maximum absolute atomic E-state index is 13.9. The van der Waals surface area contributed by atoms with Gasteiger partial charge in [0, 0.05) is 0 Å². The van der Waals surface area contributed by atoms with E-state index in [4.69, 9.17) is 9.47 Å². The first-order valence-electron chi connectivity index (χ1n) is 13.0. The Hall–Kier alpha value is -3.26. The zero-order chi connectivity index (χ0) is 32.0. The van der Waals surface area contributed by atoms with Gasteiger partial charge in [-0.2, -0.15) is 0 Å². The molecule has 0 spiro atoms. The lowest BCUT2D eigenvalue weighted by atomic mass is 9.69. The van der Waals surface area contributed by atoms with Crippen LogP contribution in [0.4, 0.5) is 0 Å². The van der Waals surface area contributed by atoms with E-state index in [1.165, 1.54) is 30.3 Å². The van der Waals surface area contributed by atoms with Crippen LogP contribution in [0.1, 0.15) is 5.56 Å². The lowest BCUT2D eigenvalue weighted by molar-refractivity contribution is -0.261. The maximum atomic E-state index is 13.9. The number of aliphatic hydroxyl groups excluding tert-OH is 10. The average molecular weight is 613 g/mol. The lowest BCUT2D eigenvalue weighted by Gasteiger charge is -2.48. The molecule has 16 nitrogen and oxygen atoms in total. The van der Waals surface area contributed by atoms with Gasteiger partial charge in [-0.05, 0) is 23.8 Å². The Labute approximate surface area is 242 Å². The number of allylic oxidation sites excluding steroid dienone is 2. The topological polar surface area (TPSA) is 295 Å². The average Bonchev–Trinajstić information content (AvgIpc) is 2.98. The molecule has 11 unspecified atom stereocenters. The number of benzene rings is 1.